The highest BCUT2D eigenvalue weighted by molar-refractivity contribution is 4.98. The second-order valence-electron chi connectivity index (χ2n) is 11.8. The van der Waals surface area contributed by atoms with E-state index in [0.29, 0.717) is 0 Å². The molecule has 49 heteroatoms. The van der Waals surface area contributed by atoms with Crippen molar-refractivity contribution in [1.29, 1.82) is 0 Å². The van der Waals surface area contributed by atoms with E-state index in [1.165, 1.54) is 0 Å². The minimum Gasteiger partial charge on any atom is -0.343 e. The zero-order chi connectivity index (χ0) is 50.4. The van der Waals surface area contributed by atoms with Gasteiger partial charge >= 0.3 is 0 Å². The van der Waals surface area contributed by atoms with E-state index in [4.69, 9.17) is 23.7 Å². The Balaban J connectivity index is 2.31. The van der Waals surface area contributed by atoms with Crippen molar-refractivity contribution in [3.8, 4) is 0 Å². The first-order valence-electron chi connectivity index (χ1n) is 16.4. The number of rotatable bonds is 29. The zero-order valence-corrected chi connectivity index (χ0v) is 31.2. The summed E-state index contributed by atoms with van der Waals surface area (Å²) < 4.78 is 26.4. The average molecular weight is 999 g/mol. The van der Waals surface area contributed by atoms with Crippen molar-refractivity contribution >= 4 is 0 Å². The molecule has 0 aromatic rings. The molecule has 0 unspecified atom stereocenters. The van der Waals surface area contributed by atoms with E-state index < -0.39 is 168 Å². The van der Waals surface area contributed by atoms with Crippen LogP contribution in [0.3, 0.4) is 0 Å². The summed E-state index contributed by atoms with van der Waals surface area (Å²) in [5, 5.41) is 106. The Hall–Kier alpha value is -9.00. The molecule has 3 heterocycles. The maximum atomic E-state index is 11.9. The summed E-state index contributed by atoms with van der Waals surface area (Å²) in [5.41, 5.74) is 0. The highest BCUT2D eigenvalue weighted by Crippen LogP contribution is 2.38. The molecule has 0 saturated carbocycles. The predicted octanol–water partition coefficient (Wildman–Crippen LogP) is -5.20. The van der Waals surface area contributed by atoms with E-state index in [1.54, 1.807) is 0 Å². The van der Waals surface area contributed by atoms with Crippen LogP contribution in [0.2, 0.25) is 0 Å². The van der Waals surface area contributed by atoms with Gasteiger partial charge in [0.25, 0.3) is 56.0 Å². The zero-order valence-electron chi connectivity index (χ0n) is 31.2. The quantitative estimate of drug-likeness (QED) is 0.0499. The molecular formula is C18H21N11O38. The van der Waals surface area contributed by atoms with Gasteiger partial charge in [0.1, 0.15) is 50.3 Å². The summed E-state index contributed by atoms with van der Waals surface area (Å²) in [5.74, 6) is 0. The lowest BCUT2D eigenvalue weighted by molar-refractivity contribution is -0.831. The molecule has 49 nitrogen and oxygen atoms in total. The van der Waals surface area contributed by atoms with E-state index >= 15 is 0 Å². The van der Waals surface area contributed by atoms with Gasteiger partial charge in [-0.3, -0.25) is 4.84 Å². The standard InChI is InChI=1S/C18H21N11O38/c30-19(31)52-1-4-7(58-17-14(65-27(46)47)12(63-25(42)43)9(60-22(36)37)6(56-17)3-54-21(34)35)10(61-23(38)39)13(64-26(44)45)16(55-4)59-8-5(2-53-20(32)33)57-18(67-29(50)51)15(66-28(48)49)11(8)62-24(40)41/h4-18H,1-3H2/t4-,5-,6-,7-,8-,9-,10+,11+,12+,13-,14-,15-,16+,17+,18+/m1/s1. The Bertz CT molecular complexity index is 1880. The van der Waals surface area contributed by atoms with E-state index in [1.807, 2.05) is 0 Å². The van der Waals surface area contributed by atoms with Crippen molar-refractivity contribution in [3.63, 3.8) is 0 Å². The fourth-order valence-corrected chi connectivity index (χ4v) is 5.99. The molecule has 0 bridgehead atoms. The van der Waals surface area contributed by atoms with Gasteiger partial charge in [-0.25, -0.2) is 0 Å². The van der Waals surface area contributed by atoms with Crippen LogP contribution >= 0.6 is 0 Å². The second-order valence-corrected chi connectivity index (χ2v) is 11.8. The molecule has 3 saturated heterocycles. The molecular weight excluding hydrogens is 978 g/mol. The van der Waals surface area contributed by atoms with Gasteiger partial charge in [-0.2, -0.15) is 0 Å². The van der Waals surface area contributed by atoms with Crippen molar-refractivity contribution < 1.29 is 133 Å². The molecule has 0 N–H and O–H groups in total. The van der Waals surface area contributed by atoms with Gasteiger partial charge in [0.15, 0.2) is 55.3 Å². The highest BCUT2D eigenvalue weighted by Gasteiger charge is 2.60. The molecule has 3 fully saturated rings. The van der Waals surface area contributed by atoms with E-state index in [9.17, 15) is 111 Å². The van der Waals surface area contributed by atoms with Crippen LogP contribution in [0.25, 0.3) is 0 Å². The van der Waals surface area contributed by atoms with Crippen LogP contribution in [0.5, 0.6) is 0 Å². The van der Waals surface area contributed by atoms with Crippen molar-refractivity contribution in [2.24, 2.45) is 0 Å². The van der Waals surface area contributed by atoms with Crippen LogP contribution in [0, 0.1) is 111 Å². The lowest BCUT2D eigenvalue weighted by Crippen LogP contribution is -2.69. The van der Waals surface area contributed by atoms with Gasteiger partial charge in [-0.05, 0) is 0 Å². The van der Waals surface area contributed by atoms with Crippen LogP contribution < -0.4 is 0 Å². The summed E-state index contributed by atoms with van der Waals surface area (Å²) in [7, 11) is 0. The van der Waals surface area contributed by atoms with Crippen LogP contribution in [0.4, 0.5) is 0 Å². The normalized spacial score (nSPS) is 31.1. The molecule has 0 amide bonds. The van der Waals surface area contributed by atoms with Gasteiger partial charge in [0.05, 0.1) is 0 Å². The van der Waals surface area contributed by atoms with Gasteiger partial charge in [0, 0.05) is 0 Å². The fraction of sp³-hybridized carbons (Fsp3) is 1.00. The molecule has 376 valence electrons. The first-order chi connectivity index (χ1) is 31.3. The molecule has 15 atom stereocenters. The SMILES string of the molecule is O=[N+]([O-])OC[C@H]1O[C@@H](O[C@H]2[C@H](O[N+](=O)[O-])[C@@H](O[N+](=O)[O-])[C@H](O[N+](=O)[O-])O[C@@H]2CO[N+](=O)[O-])[C@H](O[N+](=O)[O-])[C@@H](O[N+](=O)[O-])[C@@H]1O[C@@H]1O[C@H](CO[N+](=O)[O-])[C@@H](O[N+](=O)[O-])[C@H](O[N+](=O)[O-])[C@H]1O[N+](=O)[O-]. The molecule has 3 aliphatic heterocycles. The van der Waals surface area contributed by atoms with Gasteiger partial charge < -0.3 is 72.1 Å². The topological polar surface area (TPSA) is 622 Å². The third-order valence-corrected chi connectivity index (χ3v) is 8.03. The lowest BCUT2D eigenvalue weighted by Gasteiger charge is -2.49. The Labute approximate surface area is 356 Å². The lowest BCUT2D eigenvalue weighted by atomic mass is 9.95. The minimum absolute atomic E-state index is 1.61. The van der Waals surface area contributed by atoms with Gasteiger partial charge in [-0.15, -0.1) is 111 Å². The molecule has 0 spiro atoms. The Morgan fingerprint density at radius 3 is 0.776 bits per heavy atom. The predicted molar refractivity (Wildman–Crippen MR) is 166 cm³/mol. The average Bonchev–Trinajstić information content (AvgIpc) is 3.17. The van der Waals surface area contributed by atoms with Crippen molar-refractivity contribution in [2.75, 3.05) is 19.8 Å². The number of hydrogen-bond donors (Lipinski definition) is 0. The minimum atomic E-state index is -3.13. The largest absolute Gasteiger partial charge is 0.343 e. The summed E-state index contributed by atoms with van der Waals surface area (Å²) in [6.07, 6.45) is -43.3. The maximum absolute atomic E-state index is 11.9. The van der Waals surface area contributed by atoms with Crippen LogP contribution in [0.1, 0.15) is 0 Å². The molecule has 0 aromatic carbocycles. The third-order valence-electron chi connectivity index (χ3n) is 8.03. The molecule has 67 heavy (non-hydrogen) atoms. The number of nitrogens with zero attached hydrogens (tertiary/aromatic N) is 11. The van der Waals surface area contributed by atoms with Crippen molar-refractivity contribution in [3.05, 3.63) is 111 Å². The number of hydrogen-bond acceptors (Lipinski definition) is 38. The molecule has 0 aromatic heterocycles. The molecule has 3 aliphatic rings. The van der Waals surface area contributed by atoms with E-state index in [-0.39, 0.29) is 0 Å². The van der Waals surface area contributed by atoms with Gasteiger partial charge in [0.2, 0.25) is 6.29 Å². The fourth-order valence-electron chi connectivity index (χ4n) is 5.99. The van der Waals surface area contributed by atoms with E-state index in [0.717, 1.165) is 0 Å². The molecule has 0 radical (unpaired) electrons. The molecule has 0 aliphatic carbocycles. The first-order valence-corrected chi connectivity index (χ1v) is 16.4. The monoisotopic (exact) mass is 999 g/mol. The molecule has 3 rings (SSSR count). The summed E-state index contributed by atoms with van der Waals surface area (Å²) >= 11 is 0. The van der Waals surface area contributed by atoms with Crippen molar-refractivity contribution in [1.82, 2.24) is 0 Å². The van der Waals surface area contributed by atoms with Gasteiger partial charge in [-0.1, -0.05) is 0 Å². The summed E-state index contributed by atoms with van der Waals surface area (Å²) in [6, 6.07) is 0. The smallest absolute Gasteiger partial charge is 0.297 e. The summed E-state index contributed by atoms with van der Waals surface area (Å²) in [4.78, 5) is 172. The van der Waals surface area contributed by atoms with Crippen LogP contribution in [0.15, 0.2) is 0 Å². The van der Waals surface area contributed by atoms with E-state index in [2.05, 4.69) is 53.2 Å². The summed E-state index contributed by atoms with van der Waals surface area (Å²) in [6.45, 7) is -5.01. The Kier molecular flexibility index (Phi) is 18.0. The Morgan fingerprint density at radius 2 is 0.493 bits per heavy atom. The number of ether oxygens (including phenoxy) is 5. The van der Waals surface area contributed by atoms with Crippen molar-refractivity contribution in [2.45, 2.75) is 92.1 Å². The highest BCUT2D eigenvalue weighted by atomic mass is 17.0. The maximum Gasteiger partial charge on any atom is 0.297 e. The van der Waals surface area contributed by atoms with Crippen LogP contribution in [-0.4, -0.2) is 168 Å². The second kappa shape index (κ2) is 23.1. The van der Waals surface area contributed by atoms with Crippen LogP contribution in [-0.2, 0) is 76.9 Å². The first kappa shape index (κ1) is 52.3. The third kappa shape index (κ3) is 15.3. The Morgan fingerprint density at radius 1 is 0.269 bits per heavy atom.